The molecule has 0 bridgehead atoms. The molecule has 0 radical (unpaired) electrons. The van der Waals surface area contributed by atoms with Crippen molar-refractivity contribution < 1.29 is 28.4 Å². The lowest BCUT2D eigenvalue weighted by Gasteiger charge is -2.21. The van der Waals surface area contributed by atoms with E-state index in [0.29, 0.717) is 22.6 Å². The molecule has 0 aliphatic heterocycles. The van der Waals surface area contributed by atoms with Crippen molar-refractivity contribution in [3.8, 4) is 11.5 Å². The van der Waals surface area contributed by atoms with E-state index in [1.807, 2.05) is 0 Å². The fourth-order valence-corrected chi connectivity index (χ4v) is 2.34. The normalized spacial score (nSPS) is 11.4. The zero-order valence-corrected chi connectivity index (χ0v) is 17.8. The Morgan fingerprint density at radius 2 is 1.00 bits per heavy atom. The third-order valence-electron chi connectivity index (χ3n) is 3.44. The van der Waals surface area contributed by atoms with Gasteiger partial charge in [-0.1, -0.05) is 24.3 Å². The van der Waals surface area contributed by atoms with Gasteiger partial charge in [0.1, 0.15) is 22.7 Å². The van der Waals surface area contributed by atoms with Crippen molar-refractivity contribution >= 4 is 19.6 Å². The van der Waals surface area contributed by atoms with Crippen LogP contribution in [0.2, 0.25) is 0 Å². The number of para-hydroxylation sites is 2. The highest BCUT2D eigenvalue weighted by molar-refractivity contribution is 6.21. The zero-order chi connectivity index (χ0) is 21.7. The minimum atomic E-state index is -0.618. The molecule has 0 amide bonds. The maximum atomic E-state index is 12.4. The molecule has 0 saturated heterocycles. The molecule has 29 heavy (non-hydrogen) atoms. The Hall–Kier alpha value is -2.96. The molecular formula is C22H27BO6. The monoisotopic (exact) mass is 398 g/mol. The topological polar surface area (TPSA) is 71.1 Å². The molecule has 0 fully saturated rings. The number of hydrogen-bond donors (Lipinski definition) is 0. The Kier molecular flexibility index (Phi) is 6.95. The Bertz CT molecular complexity index is 793. The molecule has 2 rings (SSSR count). The van der Waals surface area contributed by atoms with Crippen molar-refractivity contribution in [3.63, 3.8) is 0 Å². The fraction of sp³-hybridized carbons (Fsp3) is 0.364. The maximum Gasteiger partial charge on any atom is 0.576 e. The minimum absolute atomic E-state index is 0.195. The van der Waals surface area contributed by atoms with Gasteiger partial charge in [0.15, 0.2) is 0 Å². The quantitative estimate of drug-likeness (QED) is 0.533. The molecule has 0 saturated carbocycles. The van der Waals surface area contributed by atoms with Gasteiger partial charge in [0, 0.05) is 0 Å². The second-order valence-corrected chi connectivity index (χ2v) is 8.40. The van der Waals surface area contributed by atoms with Crippen LogP contribution in [0.1, 0.15) is 62.3 Å². The van der Waals surface area contributed by atoms with Crippen LogP contribution < -0.4 is 9.31 Å². The highest BCUT2D eigenvalue weighted by Crippen LogP contribution is 2.24. The fourth-order valence-electron chi connectivity index (χ4n) is 2.34. The predicted molar refractivity (Wildman–Crippen MR) is 112 cm³/mol. The summed E-state index contributed by atoms with van der Waals surface area (Å²) in [6.07, 6.45) is 0. The van der Waals surface area contributed by atoms with E-state index in [2.05, 4.69) is 0 Å². The SMILES string of the molecule is CC(C)(C)OC(=O)c1ccccc1OBOc1ccccc1C(=O)OC(C)(C)C. The molecule has 154 valence electrons. The Labute approximate surface area is 172 Å². The molecular weight excluding hydrogens is 371 g/mol. The van der Waals surface area contributed by atoms with Gasteiger partial charge < -0.3 is 18.8 Å². The summed E-state index contributed by atoms with van der Waals surface area (Å²) in [5, 5.41) is 0. The van der Waals surface area contributed by atoms with Gasteiger partial charge in [0.25, 0.3) is 0 Å². The Balaban J connectivity index is 2.08. The van der Waals surface area contributed by atoms with Crippen LogP contribution >= 0.6 is 0 Å². The average molecular weight is 398 g/mol. The summed E-state index contributed by atoms with van der Waals surface area (Å²) >= 11 is 0. The van der Waals surface area contributed by atoms with Crippen molar-refractivity contribution in [2.24, 2.45) is 0 Å². The molecule has 0 aliphatic carbocycles. The zero-order valence-electron chi connectivity index (χ0n) is 17.8. The third-order valence-corrected chi connectivity index (χ3v) is 3.44. The molecule has 0 aliphatic rings. The minimum Gasteiger partial charge on any atom is -0.528 e. The Morgan fingerprint density at radius 1 is 0.655 bits per heavy atom. The molecule has 2 aromatic rings. The van der Waals surface area contributed by atoms with Crippen LogP contribution in [0.15, 0.2) is 48.5 Å². The van der Waals surface area contributed by atoms with Gasteiger partial charge in [-0.15, -0.1) is 0 Å². The van der Waals surface area contributed by atoms with Gasteiger partial charge in [0.2, 0.25) is 0 Å². The number of rotatable bonds is 6. The van der Waals surface area contributed by atoms with E-state index in [1.165, 1.54) is 0 Å². The lowest BCUT2D eigenvalue weighted by atomic mass is 10.1. The standard InChI is InChI=1S/C22H27BO6/c1-21(2,3)26-19(24)15-11-7-9-13-17(15)28-23-29-18-14-10-8-12-16(18)20(25)27-22(4,5)6/h7-14,23H,1-6H3. The number of carbonyl (C=O) groups is 2. The number of benzene rings is 2. The summed E-state index contributed by atoms with van der Waals surface area (Å²) < 4.78 is 22.1. The molecule has 0 N–H and O–H groups in total. The second-order valence-electron chi connectivity index (χ2n) is 8.40. The number of ether oxygens (including phenoxy) is 2. The van der Waals surface area contributed by atoms with Gasteiger partial charge in [-0.2, -0.15) is 0 Å². The van der Waals surface area contributed by atoms with Crippen molar-refractivity contribution in [2.45, 2.75) is 52.7 Å². The van der Waals surface area contributed by atoms with Crippen LogP contribution in [-0.4, -0.2) is 30.8 Å². The van der Waals surface area contributed by atoms with Crippen LogP contribution in [0.25, 0.3) is 0 Å². The number of hydrogen-bond acceptors (Lipinski definition) is 6. The summed E-state index contributed by atoms with van der Waals surface area (Å²) in [7, 11) is -0.195. The van der Waals surface area contributed by atoms with Crippen molar-refractivity contribution in [3.05, 3.63) is 59.7 Å². The molecule has 0 atom stereocenters. The van der Waals surface area contributed by atoms with Gasteiger partial charge in [-0.05, 0) is 65.8 Å². The van der Waals surface area contributed by atoms with Gasteiger partial charge >= 0.3 is 19.6 Å². The van der Waals surface area contributed by atoms with Crippen molar-refractivity contribution in [1.82, 2.24) is 0 Å². The van der Waals surface area contributed by atoms with Gasteiger partial charge in [0.05, 0.1) is 11.1 Å². The van der Waals surface area contributed by atoms with E-state index in [0.717, 1.165) is 0 Å². The van der Waals surface area contributed by atoms with Gasteiger partial charge in [-0.25, -0.2) is 9.59 Å². The van der Waals surface area contributed by atoms with E-state index in [-0.39, 0.29) is 7.69 Å². The van der Waals surface area contributed by atoms with Crippen molar-refractivity contribution in [2.75, 3.05) is 0 Å². The highest BCUT2D eigenvalue weighted by Gasteiger charge is 2.23. The first-order valence-electron chi connectivity index (χ1n) is 9.37. The second kappa shape index (κ2) is 9.03. The summed E-state index contributed by atoms with van der Waals surface area (Å²) in [6, 6.07) is 13.5. The highest BCUT2D eigenvalue weighted by atomic mass is 16.6. The molecule has 0 aromatic heterocycles. The van der Waals surface area contributed by atoms with E-state index < -0.39 is 23.1 Å². The van der Waals surface area contributed by atoms with Crippen LogP contribution in [0, 0.1) is 0 Å². The summed E-state index contributed by atoms with van der Waals surface area (Å²) in [5.74, 6) is -0.308. The largest absolute Gasteiger partial charge is 0.576 e. The molecule has 0 heterocycles. The number of carbonyl (C=O) groups excluding carboxylic acids is 2. The van der Waals surface area contributed by atoms with Gasteiger partial charge in [-0.3, -0.25) is 0 Å². The first-order valence-corrected chi connectivity index (χ1v) is 9.37. The lowest BCUT2D eigenvalue weighted by Crippen LogP contribution is -2.25. The molecule has 0 spiro atoms. The molecule has 2 aromatic carbocycles. The molecule has 6 nitrogen and oxygen atoms in total. The lowest BCUT2D eigenvalue weighted by molar-refractivity contribution is 0.00556. The predicted octanol–water partition coefficient (Wildman–Crippen LogP) is 4.32. The third kappa shape index (κ3) is 7.18. The first-order chi connectivity index (χ1) is 13.5. The van der Waals surface area contributed by atoms with Crippen LogP contribution in [0.3, 0.4) is 0 Å². The first kappa shape index (κ1) is 22.3. The van der Waals surface area contributed by atoms with E-state index >= 15 is 0 Å². The molecule has 0 unspecified atom stereocenters. The summed E-state index contributed by atoms with van der Waals surface area (Å²) in [4.78, 5) is 24.8. The van der Waals surface area contributed by atoms with Crippen molar-refractivity contribution in [1.29, 1.82) is 0 Å². The van der Waals surface area contributed by atoms with E-state index in [4.69, 9.17) is 18.8 Å². The van der Waals surface area contributed by atoms with E-state index in [9.17, 15) is 9.59 Å². The van der Waals surface area contributed by atoms with E-state index in [1.54, 1.807) is 90.1 Å². The van der Waals surface area contributed by atoms with Crippen LogP contribution in [0.5, 0.6) is 11.5 Å². The average Bonchev–Trinajstić information content (AvgIpc) is 2.59. The Morgan fingerprint density at radius 3 is 1.34 bits per heavy atom. The number of esters is 2. The summed E-state index contributed by atoms with van der Waals surface area (Å²) in [5.41, 5.74) is -0.641. The molecule has 7 heteroatoms. The maximum absolute atomic E-state index is 12.4. The smallest absolute Gasteiger partial charge is 0.528 e. The van der Waals surface area contributed by atoms with Crippen LogP contribution in [0.4, 0.5) is 0 Å². The van der Waals surface area contributed by atoms with Crippen LogP contribution in [-0.2, 0) is 9.47 Å². The summed E-state index contributed by atoms with van der Waals surface area (Å²) in [6.45, 7) is 10.8.